The van der Waals surface area contributed by atoms with Gasteiger partial charge in [0.25, 0.3) is 5.91 Å². The molecule has 0 aliphatic carbocycles. The standard InChI is InChI=1S/C16H20FN3O2/c1-11-4-5-13-19-14(15(17)20(13)9-11)16(21)18-7-2-3-12-6-8-22-10-12/h4-5,9,12H,2-3,6-8,10H2,1H3,(H,18,21)/t12-/m0/s1. The third kappa shape index (κ3) is 3.11. The number of pyridine rings is 1. The molecule has 3 heterocycles. The first-order chi connectivity index (χ1) is 10.6. The van der Waals surface area contributed by atoms with Gasteiger partial charge in [-0.2, -0.15) is 4.39 Å². The average molecular weight is 305 g/mol. The van der Waals surface area contributed by atoms with E-state index in [2.05, 4.69) is 10.3 Å². The van der Waals surface area contributed by atoms with Gasteiger partial charge >= 0.3 is 0 Å². The third-order valence-electron chi connectivity index (χ3n) is 4.02. The van der Waals surface area contributed by atoms with Crippen LogP contribution in [0.4, 0.5) is 4.39 Å². The van der Waals surface area contributed by atoms with Crippen LogP contribution in [0, 0.1) is 18.8 Å². The lowest BCUT2D eigenvalue weighted by molar-refractivity contribution is 0.0943. The van der Waals surface area contributed by atoms with Crippen molar-refractivity contribution in [3.63, 3.8) is 0 Å². The maximum Gasteiger partial charge on any atom is 0.274 e. The molecule has 1 amide bonds. The van der Waals surface area contributed by atoms with Crippen molar-refractivity contribution < 1.29 is 13.9 Å². The second-order valence-corrected chi connectivity index (χ2v) is 5.81. The van der Waals surface area contributed by atoms with Gasteiger partial charge in [0, 0.05) is 26.0 Å². The van der Waals surface area contributed by atoms with Crippen molar-refractivity contribution in [3.8, 4) is 0 Å². The summed E-state index contributed by atoms with van der Waals surface area (Å²) in [5.74, 6) is -0.478. The zero-order chi connectivity index (χ0) is 15.5. The van der Waals surface area contributed by atoms with Crippen LogP contribution in [0.5, 0.6) is 0 Å². The molecule has 2 aromatic rings. The molecule has 0 radical (unpaired) electrons. The zero-order valence-corrected chi connectivity index (χ0v) is 12.6. The minimum atomic E-state index is -0.611. The van der Waals surface area contributed by atoms with Crippen LogP contribution in [-0.4, -0.2) is 35.1 Å². The van der Waals surface area contributed by atoms with E-state index in [4.69, 9.17) is 4.74 Å². The number of carbonyl (C=O) groups excluding carboxylic acids is 1. The number of hydrogen-bond donors (Lipinski definition) is 1. The highest BCUT2D eigenvalue weighted by Crippen LogP contribution is 2.17. The van der Waals surface area contributed by atoms with Gasteiger partial charge in [0.15, 0.2) is 5.69 Å². The van der Waals surface area contributed by atoms with E-state index in [0.717, 1.165) is 38.0 Å². The fraction of sp³-hybridized carbons (Fsp3) is 0.500. The number of halogens is 1. The van der Waals surface area contributed by atoms with Crippen molar-refractivity contribution >= 4 is 11.6 Å². The Kier molecular flexibility index (Phi) is 4.38. The second-order valence-electron chi connectivity index (χ2n) is 5.81. The molecular weight excluding hydrogens is 285 g/mol. The van der Waals surface area contributed by atoms with Gasteiger partial charge in [0.05, 0.1) is 0 Å². The molecule has 1 aliphatic heterocycles. The summed E-state index contributed by atoms with van der Waals surface area (Å²) in [6.07, 6.45) is 4.61. The average Bonchev–Trinajstić information content (AvgIpc) is 3.12. The zero-order valence-electron chi connectivity index (χ0n) is 12.6. The van der Waals surface area contributed by atoms with E-state index in [1.807, 2.05) is 13.0 Å². The number of nitrogens with one attached hydrogen (secondary N) is 1. The number of aryl methyl sites for hydroxylation is 1. The SMILES string of the molecule is Cc1ccc2nc(C(=O)NCCC[C@H]3CCOC3)c(F)n2c1. The van der Waals surface area contributed by atoms with Crippen molar-refractivity contribution in [3.05, 3.63) is 35.5 Å². The number of hydrogen-bond acceptors (Lipinski definition) is 3. The summed E-state index contributed by atoms with van der Waals surface area (Å²) >= 11 is 0. The molecule has 0 bridgehead atoms. The number of rotatable bonds is 5. The molecule has 118 valence electrons. The van der Waals surface area contributed by atoms with Crippen molar-refractivity contribution in [2.75, 3.05) is 19.8 Å². The molecule has 0 aromatic carbocycles. The number of nitrogens with zero attached hydrogens (tertiary/aromatic N) is 2. The first-order valence-electron chi connectivity index (χ1n) is 7.65. The number of amides is 1. The van der Waals surface area contributed by atoms with Crippen LogP contribution in [0.25, 0.3) is 5.65 Å². The van der Waals surface area contributed by atoms with Gasteiger partial charge in [0.1, 0.15) is 5.65 Å². The largest absolute Gasteiger partial charge is 0.381 e. The van der Waals surface area contributed by atoms with E-state index in [1.165, 1.54) is 4.40 Å². The molecule has 1 N–H and O–H groups in total. The van der Waals surface area contributed by atoms with Gasteiger partial charge < -0.3 is 10.1 Å². The van der Waals surface area contributed by atoms with Crippen molar-refractivity contribution in [2.24, 2.45) is 5.92 Å². The highest BCUT2D eigenvalue weighted by molar-refractivity contribution is 5.93. The Hall–Kier alpha value is -1.95. The lowest BCUT2D eigenvalue weighted by atomic mass is 10.0. The Bertz CT molecular complexity index is 677. The normalized spacial score (nSPS) is 18.0. The van der Waals surface area contributed by atoms with Gasteiger partial charge in [0.2, 0.25) is 5.95 Å². The van der Waals surface area contributed by atoms with Crippen molar-refractivity contribution in [1.82, 2.24) is 14.7 Å². The van der Waals surface area contributed by atoms with E-state index < -0.39 is 11.9 Å². The first-order valence-corrected chi connectivity index (χ1v) is 7.65. The predicted molar refractivity (Wildman–Crippen MR) is 80.4 cm³/mol. The fourth-order valence-electron chi connectivity index (χ4n) is 2.75. The monoisotopic (exact) mass is 305 g/mol. The van der Waals surface area contributed by atoms with E-state index in [9.17, 15) is 9.18 Å². The maximum atomic E-state index is 14.2. The molecule has 1 saturated heterocycles. The Morgan fingerprint density at radius 2 is 2.41 bits per heavy atom. The summed E-state index contributed by atoms with van der Waals surface area (Å²) in [6, 6.07) is 3.54. The van der Waals surface area contributed by atoms with Crippen LogP contribution in [0.15, 0.2) is 18.3 Å². The van der Waals surface area contributed by atoms with Gasteiger partial charge in [-0.25, -0.2) is 4.98 Å². The number of carbonyl (C=O) groups is 1. The third-order valence-corrected chi connectivity index (χ3v) is 4.02. The van der Waals surface area contributed by atoms with Crippen LogP contribution >= 0.6 is 0 Å². The Labute approximate surface area is 128 Å². The molecule has 5 nitrogen and oxygen atoms in total. The van der Waals surface area contributed by atoms with E-state index in [0.29, 0.717) is 18.1 Å². The van der Waals surface area contributed by atoms with Crippen LogP contribution in [0.2, 0.25) is 0 Å². The quantitative estimate of drug-likeness (QED) is 0.863. The molecule has 0 unspecified atom stereocenters. The molecule has 1 fully saturated rings. The van der Waals surface area contributed by atoms with Crippen LogP contribution in [0.1, 0.15) is 35.3 Å². The Morgan fingerprint density at radius 3 is 3.18 bits per heavy atom. The molecule has 0 spiro atoms. The summed E-state index contributed by atoms with van der Waals surface area (Å²) in [5.41, 5.74) is 1.21. The van der Waals surface area contributed by atoms with Gasteiger partial charge in [-0.15, -0.1) is 0 Å². The summed E-state index contributed by atoms with van der Waals surface area (Å²) in [7, 11) is 0. The van der Waals surface area contributed by atoms with Gasteiger partial charge in [-0.1, -0.05) is 6.07 Å². The van der Waals surface area contributed by atoms with E-state index in [-0.39, 0.29) is 5.69 Å². The first kappa shape index (κ1) is 15.0. The minimum Gasteiger partial charge on any atom is -0.381 e. The predicted octanol–water partition coefficient (Wildman–Crippen LogP) is 2.33. The van der Waals surface area contributed by atoms with Crippen molar-refractivity contribution in [1.29, 1.82) is 0 Å². The van der Waals surface area contributed by atoms with Crippen LogP contribution < -0.4 is 5.32 Å². The van der Waals surface area contributed by atoms with E-state index in [1.54, 1.807) is 12.3 Å². The number of fused-ring (bicyclic) bond motifs is 1. The van der Waals surface area contributed by atoms with Gasteiger partial charge in [-0.3, -0.25) is 9.20 Å². The summed E-state index contributed by atoms with van der Waals surface area (Å²) in [6.45, 7) is 4.05. The van der Waals surface area contributed by atoms with Gasteiger partial charge in [-0.05, 0) is 43.7 Å². The molecular formula is C16H20FN3O2. The van der Waals surface area contributed by atoms with Crippen LogP contribution in [0.3, 0.4) is 0 Å². The molecule has 2 aromatic heterocycles. The summed E-state index contributed by atoms with van der Waals surface area (Å²) < 4.78 is 20.9. The Balaban J connectivity index is 1.58. The number of ether oxygens (including phenoxy) is 1. The highest BCUT2D eigenvalue weighted by Gasteiger charge is 2.19. The summed E-state index contributed by atoms with van der Waals surface area (Å²) in [5, 5.41) is 2.74. The maximum absolute atomic E-state index is 14.2. The molecule has 0 saturated carbocycles. The smallest absolute Gasteiger partial charge is 0.274 e. The Morgan fingerprint density at radius 1 is 1.55 bits per heavy atom. The molecule has 1 atom stereocenters. The molecule has 3 rings (SSSR count). The number of aromatic nitrogens is 2. The fourth-order valence-corrected chi connectivity index (χ4v) is 2.75. The summed E-state index contributed by atoms with van der Waals surface area (Å²) in [4.78, 5) is 16.1. The minimum absolute atomic E-state index is 0.144. The number of imidazole rings is 1. The highest BCUT2D eigenvalue weighted by atomic mass is 19.1. The molecule has 22 heavy (non-hydrogen) atoms. The molecule has 6 heteroatoms. The van der Waals surface area contributed by atoms with Crippen molar-refractivity contribution in [2.45, 2.75) is 26.2 Å². The second kappa shape index (κ2) is 6.44. The van der Waals surface area contributed by atoms with E-state index >= 15 is 0 Å². The lowest BCUT2D eigenvalue weighted by Crippen LogP contribution is -2.26. The lowest BCUT2D eigenvalue weighted by Gasteiger charge is -2.07. The topological polar surface area (TPSA) is 55.6 Å². The molecule has 1 aliphatic rings. The van der Waals surface area contributed by atoms with Crippen LogP contribution in [-0.2, 0) is 4.74 Å².